The van der Waals surface area contributed by atoms with Gasteiger partial charge in [0.2, 0.25) is 12.0 Å². The van der Waals surface area contributed by atoms with Crippen LogP contribution in [0.25, 0.3) is 0 Å². The molecule has 1 saturated heterocycles. The van der Waals surface area contributed by atoms with E-state index in [1.807, 2.05) is 0 Å². The molecule has 0 bridgehead atoms. The summed E-state index contributed by atoms with van der Waals surface area (Å²) >= 11 is 4.70. The Balaban J connectivity index is 2.31. The van der Waals surface area contributed by atoms with Crippen molar-refractivity contribution in [3.63, 3.8) is 0 Å². The molecule has 2 heterocycles. The number of aliphatic hydroxyl groups is 1. The van der Waals surface area contributed by atoms with Crippen molar-refractivity contribution < 1.29 is 60.6 Å². The van der Waals surface area contributed by atoms with Crippen LogP contribution in [-0.4, -0.2) is 52.3 Å². The molecule has 0 radical (unpaired) electrons. The molecule has 6 atom stereocenters. The molecule has 0 saturated carbocycles. The lowest BCUT2D eigenvalue weighted by Crippen LogP contribution is -2.44. The highest BCUT2D eigenvalue weighted by Gasteiger charge is 2.60. The predicted octanol–water partition coefficient (Wildman–Crippen LogP) is -0.194. The van der Waals surface area contributed by atoms with Crippen molar-refractivity contribution in [3.8, 4) is 12.3 Å². The first kappa shape index (κ1) is 25.2. The second-order valence-corrected chi connectivity index (χ2v) is 10.2. The van der Waals surface area contributed by atoms with Gasteiger partial charge in [0.1, 0.15) is 4.64 Å². The Kier molecular flexibility index (Phi) is 7.10. The summed E-state index contributed by atoms with van der Waals surface area (Å²) in [4.78, 5) is 49.6. The molecule has 30 heavy (non-hydrogen) atoms. The molecule has 2 rings (SSSR count). The Labute approximate surface area is 170 Å². The van der Waals surface area contributed by atoms with Crippen LogP contribution in [0.15, 0.2) is 17.1 Å². The summed E-state index contributed by atoms with van der Waals surface area (Å²) in [5, 5.41) is 10.0. The molecule has 15 nitrogen and oxygen atoms in total. The average Bonchev–Trinajstić information content (AvgIpc) is 2.76. The number of aromatic amines is 1. The minimum atomic E-state index is -5.88. The molecule has 3 unspecified atom stereocenters. The number of nitrogens with one attached hydrogen (secondary N) is 1. The molecule has 1 aromatic heterocycles. The molecule has 1 fully saturated rings. The highest BCUT2D eigenvalue weighted by molar-refractivity contribution is 7.71. The fourth-order valence-corrected chi connectivity index (χ4v) is 5.43. The third-order valence-corrected chi connectivity index (χ3v) is 7.33. The SMILES string of the molecule is C#CC1(F)[C@@H](O)[C@@H](OP(=O)(O)OP(=O)(O)OP(=O)(O)O)O[C@H]1n1ccc(=S)[nH]c1=O. The Hall–Kier alpha value is -1.08. The number of nitrogens with zero attached hydrogens (tertiary/aromatic N) is 1. The smallest absolute Gasteiger partial charge is 0.383 e. The highest BCUT2D eigenvalue weighted by Crippen LogP contribution is 2.67. The van der Waals surface area contributed by atoms with Gasteiger partial charge in [0, 0.05) is 6.20 Å². The van der Waals surface area contributed by atoms with Gasteiger partial charge < -0.3 is 29.4 Å². The summed E-state index contributed by atoms with van der Waals surface area (Å²) in [5.41, 5.74) is -4.27. The number of phosphoric acid groups is 3. The normalized spacial score (nSPS) is 30.9. The van der Waals surface area contributed by atoms with E-state index < -0.39 is 53.4 Å². The fraction of sp³-hybridized carbons (Fsp3) is 0.400. The Bertz CT molecular complexity index is 1130. The molecule has 6 N–H and O–H groups in total. The first-order valence-corrected chi connectivity index (χ1v) is 12.1. The molecule has 0 spiro atoms. The van der Waals surface area contributed by atoms with Crippen LogP contribution in [0, 0.1) is 17.0 Å². The van der Waals surface area contributed by atoms with E-state index in [-0.39, 0.29) is 4.64 Å². The standard InChI is InChI=1S/C10H12FN2O13P3S/c1-2-10(11)6(14)7(23-8(10)13-4-3-5(30)12-9(13)15)24-28(19,20)26-29(21,22)25-27(16,17)18/h1,3-4,6-8,14H,(H,19,20)(H,21,22)(H,12,15,30)(H2,16,17,18)/t6-,7+,8+,10?/m0/s1. The molecule has 1 aliphatic rings. The maximum Gasteiger partial charge on any atom is 0.490 e. The van der Waals surface area contributed by atoms with Gasteiger partial charge >= 0.3 is 29.2 Å². The topological polar surface area (TPSA) is 227 Å². The van der Waals surface area contributed by atoms with Crippen LogP contribution in [0.5, 0.6) is 0 Å². The van der Waals surface area contributed by atoms with Crippen LogP contribution in [-0.2, 0) is 31.6 Å². The number of aliphatic hydroxyl groups excluding tert-OH is 1. The zero-order valence-corrected chi connectivity index (χ0v) is 17.5. The third-order valence-electron chi connectivity index (χ3n) is 3.29. The number of H-pyrrole nitrogens is 1. The summed E-state index contributed by atoms with van der Waals surface area (Å²) in [7, 11) is -17.3. The molecular formula is C10H12FN2O13P3S. The van der Waals surface area contributed by atoms with E-state index in [9.17, 15) is 28.5 Å². The second-order valence-electron chi connectivity index (χ2n) is 5.43. The van der Waals surface area contributed by atoms with Gasteiger partial charge in [-0.3, -0.25) is 14.1 Å². The Morgan fingerprint density at radius 1 is 1.27 bits per heavy atom. The molecule has 0 aliphatic carbocycles. The average molecular weight is 512 g/mol. The van der Waals surface area contributed by atoms with Gasteiger partial charge in [0.25, 0.3) is 0 Å². The van der Waals surface area contributed by atoms with E-state index in [2.05, 4.69) is 18.1 Å². The zero-order chi connectivity index (χ0) is 23.1. The molecule has 1 aliphatic heterocycles. The van der Waals surface area contributed by atoms with Crippen molar-refractivity contribution in [2.75, 3.05) is 0 Å². The fourth-order valence-electron chi connectivity index (χ4n) is 2.19. The van der Waals surface area contributed by atoms with Crippen LogP contribution in [0.2, 0.25) is 0 Å². The zero-order valence-electron chi connectivity index (χ0n) is 14.0. The van der Waals surface area contributed by atoms with Gasteiger partial charge in [0.05, 0.1) is 0 Å². The Morgan fingerprint density at radius 3 is 2.37 bits per heavy atom. The van der Waals surface area contributed by atoms with Crippen molar-refractivity contribution in [1.82, 2.24) is 9.55 Å². The van der Waals surface area contributed by atoms with E-state index in [1.165, 1.54) is 5.92 Å². The third kappa shape index (κ3) is 5.78. The largest absolute Gasteiger partial charge is 0.490 e. The lowest BCUT2D eigenvalue weighted by Gasteiger charge is -2.23. The molecule has 0 amide bonds. The van der Waals surface area contributed by atoms with Crippen LogP contribution < -0.4 is 5.69 Å². The van der Waals surface area contributed by atoms with Crippen molar-refractivity contribution in [2.24, 2.45) is 0 Å². The van der Waals surface area contributed by atoms with Crippen molar-refractivity contribution in [2.45, 2.75) is 24.3 Å². The molecule has 168 valence electrons. The van der Waals surface area contributed by atoms with Gasteiger partial charge in [0.15, 0.2) is 12.3 Å². The summed E-state index contributed by atoms with van der Waals surface area (Å²) in [6.07, 6.45) is -1.17. The minimum Gasteiger partial charge on any atom is -0.383 e. The first-order chi connectivity index (χ1) is 13.5. The maximum atomic E-state index is 15.1. The lowest BCUT2D eigenvalue weighted by atomic mass is 10.00. The number of hydrogen-bond donors (Lipinski definition) is 6. The summed E-state index contributed by atoms with van der Waals surface area (Å²) in [6, 6.07) is 1.12. The summed E-state index contributed by atoms with van der Waals surface area (Å²) < 4.78 is 65.4. The van der Waals surface area contributed by atoms with Gasteiger partial charge in [-0.2, -0.15) is 8.62 Å². The van der Waals surface area contributed by atoms with E-state index >= 15 is 4.39 Å². The Morgan fingerprint density at radius 2 is 1.87 bits per heavy atom. The number of terminal acetylenes is 1. The van der Waals surface area contributed by atoms with E-state index in [4.69, 9.17) is 38.1 Å². The number of hydrogen-bond acceptors (Lipinski definition) is 10. The van der Waals surface area contributed by atoms with Gasteiger partial charge in [-0.25, -0.2) is 22.9 Å². The monoisotopic (exact) mass is 512 g/mol. The van der Waals surface area contributed by atoms with Crippen LogP contribution >= 0.6 is 35.7 Å². The summed E-state index contributed by atoms with van der Waals surface area (Å²) in [5.74, 6) is 1.51. The minimum absolute atomic E-state index is 0.0511. The molecule has 20 heteroatoms. The van der Waals surface area contributed by atoms with Crippen LogP contribution in [0.4, 0.5) is 4.39 Å². The molecule has 0 aromatic carbocycles. The number of ether oxygens (including phenoxy) is 1. The lowest BCUT2D eigenvalue weighted by molar-refractivity contribution is -0.135. The van der Waals surface area contributed by atoms with E-state index in [0.717, 1.165) is 12.3 Å². The first-order valence-electron chi connectivity index (χ1n) is 7.13. The van der Waals surface area contributed by atoms with Crippen molar-refractivity contribution in [1.29, 1.82) is 0 Å². The molecule has 1 aromatic rings. The molecular weight excluding hydrogens is 500 g/mol. The van der Waals surface area contributed by atoms with Crippen molar-refractivity contribution >= 4 is 35.7 Å². The summed E-state index contributed by atoms with van der Waals surface area (Å²) in [6.45, 7) is 0. The van der Waals surface area contributed by atoms with Gasteiger partial charge in [-0.15, -0.1) is 6.42 Å². The number of alkyl halides is 1. The predicted molar refractivity (Wildman–Crippen MR) is 93.4 cm³/mol. The van der Waals surface area contributed by atoms with E-state index in [0.29, 0.717) is 4.57 Å². The quantitative estimate of drug-likeness (QED) is 0.158. The second kappa shape index (κ2) is 8.45. The van der Waals surface area contributed by atoms with Gasteiger partial charge in [-0.1, -0.05) is 18.1 Å². The van der Waals surface area contributed by atoms with E-state index in [1.54, 1.807) is 0 Å². The van der Waals surface area contributed by atoms with Crippen LogP contribution in [0.3, 0.4) is 0 Å². The van der Waals surface area contributed by atoms with Crippen LogP contribution in [0.1, 0.15) is 6.23 Å². The van der Waals surface area contributed by atoms with Gasteiger partial charge in [-0.05, 0) is 6.07 Å². The number of phosphoric ester groups is 1. The number of halogens is 1. The van der Waals surface area contributed by atoms with Crippen molar-refractivity contribution in [3.05, 3.63) is 27.4 Å². The maximum absolute atomic E-state index is 15.1. The highest BCUT2D eigenvalue weighted by atomic mass is 32.1. The number of rotatable bonds is 7. The number of aromatic nitrogens is 2.